The van der Waals surface area contributed by atoms with Crippen molar-refractivity contribution in [3.63, 3.8) is 0 Å². The van der Waals surface area contributed by atoms with Crippen molar-refractivity contribution in [1.29, 1.82) is 0 Å². The first-order valence-corrected chi connectivity index (χ1v) is 6.53. The van der Waals surface area contributed by atoms with E-state index in [1.54, 1.807) is 11.6 Å². The van der Waals surface area contributed by atoms with Crippen molar-refractivity contribution in [2.45, 2.75) is 26.3 Å². The van der Waals surface area contributed by atoms with Gasteiger partial charge in [0.1, 0.15) is 11.4 Å². The summed E-state index contributed by atoms with van der Waals surface area (Å²) in [4.78, 5) is 24.4. The van der Waals surface area contributed by atoms with Crippen LogP contribution in [0.15, 0.2) is 29.2 Å². The number of carbonyl (C=O) groups excluding carboxylic acids is 1. The standard InChI is InChI=1S/C15H17FN2O2/c1-4-9(2)17-15(20)12-8-18(3)13-6-5-10(16)7-11(13)14(12)19/h5-9H,4H2,1-3H3,(H,17,20). The number of pyridine rings is 1. The Labute approximate surface area is 116 Å². The minimum Gasteiger partial charge on any atom is -0.350 e. The Hall–Kier alpha value is -2.17. The van der Waals surface area contributed by atoms with Gasteiger partial charge in [-0.15, -0.1) is 0 Å². The fraction of sp³-hybridized carbons (Fsp3) is 0.333. The summed E-state index contributed by atoms with van der Waals surface area (Å²) in [6.45, 7) is 3.81. The van der Waals surface area contributed by atoms with E-state index < -0.39 is 17.2 Å². The van der Waals surface area contributed by atoms with E-state index in [1.165, 1.54) is 18.3 Å². The summed E-state index contributed by atoms with van der Waals surface area (Å²) >= 11 is 0. The molecule has 0 bridgehead atoms. The Morgan fingerprint density at radius 1 is 1.45 bits per heavy atom. The SMILES string of the molecule is CCC(C)NC(=O)c1cn(C)c2ccc(F)cc2c1=O. The van der Waals surface area contributed by atoms with Crippen molar-refractivity contribution in [3.05, 3.63) is 46.0 Å². The lowest BCUT2D eigenvalue weighted by atomic mass is 10.1. The van der Waals surface area contributed by atoms with Gasteiger partial charge in [0.2, 0.25) is 5.43 Å². The zero-order chi connectivity index (χ0) is 14.9. The second-order valence-corrected chi connectivity index (χ2v) is 4.93. The van der Waals surface area contributed by atoms with Gasteiger partial charge in [0, 0.05) is 24.7 Å². The molecule has 0 aliphatic rings. The van der Waals surface area contributed by atoms with E-state index in [0.717, 1.165) is 12.5 Å². The van der Waals surface area contributed by atoms with Crippen LogP contribution < -0.4 is 10.7 Å². The zero-order valence-corrected chi connectivity index (χ0v) is 11.7. The number of aromatic nitrogens is 1. The number of hydrogen-bond acceptors (Lipinski definition) is 2. The molecule has 20 heavy (non-hydrogen) atoms. The Bertz CT molecular complexity index is 722. The van der Waals surface area contributed by atoms with Gasteiger partial charge in [-0.1, -0.05) is 6.92 Å². The first-order chi connectivity index (χ1) is 9.43. The van der Waals surface area contributed by atoms with Crippen molar-refractivity contribution >= 4 is 16.8 Å². The Morgan fingerprint density at radius 2 is 2.15 bits per heavy atom. The van der Waals surface area contributed by atoms with E-state index in [1.807, 2.05) is 13.8 Å². The van der Waals surface area contributed by atoms with Gasteiger partial charge in [-0.3, -0.25) is 9.59 Å². The first-order valence-electron chi connectivity index (χ1n) is 6.53. The van der Waals surface area contributed by atoms with Gasteiger partial charge in [-0.05, 0) is 31.5 Å². The molecule has 2 rings (SSSR count). The van der Waals surface area contributed by atoms with E-state index in [-0.39, 0.29) is 17.0 Å². The summed E-state index contributed by atoms with van der Waals surface area (Å²) in [6, 6.07) is 3.97. The molecule has 0 saturated heterocycles. The summed E-state index contributed by atoms with van der Waals surface area (Å²) < 4.78 is 15.0. The number of benzene rings is 1. The van der Waals surface area contributed by atoms with Crippen LogP contribution in [0.1, 0.15) is 30.6 Å². The molecule has 0 fully saturated rings. The number of hydrogen-bond donors (Lipinski definition) is 1. The van der Waals surface area contributed by atoms with Crippen LogP contribution in [-0.2, 0) is 7.05 Å². The van der Waals surface area contributed by atoms with Crippen molar-refractivity contribution in [2.24, 2.45) is 7.05 Å². The molecule has 1 unspecified atom stereocenters. The molecule has 4 nitrogen and oxygen atoms in total. The normalized spacial score (nSPS) is 12.4. The summed E-state index contributed by atoms with van der Waals surface area (Å²) in [5.41, 5.74) is 0.181. The lowest BCUT2D eigenvalue weighted by Gasteiger charge is -2.13. The number of fused-ring (bicyclic) bond motifs is 1. The van der Waals surface area contributed by atoms with E-state index in [9.17, 15) is 14.0 Å². The number of rotatable bonds is 3. The second-order valence-electron chi connectivity index (χ2n) is 4.93. The average Bonchev–Trinajstić information content (AvgIpc) is 2.42. The second kappa shape index (κ2) is 5.45. The third kappa shape index (κ3) is 2.57. The molecule has 2 aromatic rings. The summed E-state index contributed by atoms with van der Waals surface area (Å²) in [7, 11) is 1.72. The monoisotopic (exact) mass is 276 g/mol. The number of nitrogens with zero attached hydrogens (tertiary/aromatic N) is 1. The third-order valence-corrected chi connectivity index (χ3v) is 3.39. The van der Waals surface area contributed by atoms with Crippen LogP contribution in [-0.4, -0.2) is 16.5 Å². The highest BCUT2D eigenvalue weighted by molar-refractivity contribution is 5.97. The molecule has 106 valence electrons. The summed E-state index contributed by atoms with van der Waals surface area (Å²) in [6.07, 6.45) is 2.26. The minimum atomic E-state index is -0.492. The highest BCUT2D eigenvalue weighted by atomic mass is 19.1. The van der Waals surface area contributed by atoms with E-state index in [0.29, 0.717) is 5.52 Å². The van der Waals surface area contributed by atoms with Gasteiger partial charge >= 0.3 is 0 Å². The molecule has 1 aromatic heterocycles. The summed E-state index contributed by atoms with van der Waals surface area (Å²) in [5.74, 6) is -0.916. The Balaban J connectivity index is 2.58. The van der Waals surface area contributed by atoms with Gasteiger partial charge < -0.3 is 9.88 Å². The topological polar surface area (TPSA) is 51.1 Å². The molecule has 1 atom stereocenters. The Kier molecular flexibility index (Phi) is 3.88. The van der Waals surface area contributed by atoms with Crippen LogP contribution in [0.2, 0.25) is 0 Å². The fourth-order valence-electron chi connectivity index (χ4n) is 2.03. The van der Waals surface area contributed by atoms with E-state index in [4.69, 9.17) is 0 Å². The van der Waals surface area contributed by atoms with Gasteiger partial charge in [-0.25, -0.2) is 4.39 Å². The van der Waals surface area contributed by atoms with Gasteiger partial charge in [0.15, 0.2) is 0 Å². The molecule has 0 spiro atoms. The maximum atomic E-state index is 13.3. The van der Waals surface area contributed by atoms with Gasteiger partial charge in [0.25, 0.3) is 5.91 Å². The molecule has 0 aliphatic heterocycles. The zero-order valence-electron chi connectivity index (χ0n) is 11.7. The number of nitrogens with one attached hydrogen (secondary N) is 1. The van der Waals surface area contributed by atoms with Gasteiger partial charge in [-0.2, -0.15) is 0 Å². The fourth-order valence-corrected chi connectivity index (χ4v) is 2.03. The first kappa shape index (κ1) is 14.2. The largest absolute Gasteiger partial charge is 0.350 e. The predicted octanol–water partition coefficient (Wildman–Crippen LogP) is 2.21. The molecular formula is C15H17FN2O2. The van der Waals surface area contributed by atoms with Crippen LogP contribution >= 0.6 is 0 Å². The smallest absolute Gasteiger partial charge is 0.256 e. The third-order valence-electron chi connectivity index (χ3n) is 3.39. The van der Waals surface area contributed by atoms with Crippen molar-refractivity contribution in [1.82, 2.24) is 9.88 Å². The number of carbonyl (C=O) groups is 1. The van der Waals surface area contributed by atoms with Crippen molar-refractivity contribution < 1.29 is 9.18 Å². The highest BCUT2D eigenvalue weighted by Crippen LogP contribution is 2.12. The maximum absolute atomic E-state index is 13.3. The average molecular weight is 276 g/mol. The maximum Gasteiger partial charge on any atom is 0.256 e. The summed E-state index contributed by atoms with van der Waals surface area (Å²) in [5, 5.41) is 2.96. The van der Waals surface area contributed by atoms with Crippen LogP contribution in [0, 0.1) is 5.82 Å². The quantitative estimate of drug-likeness (QED) is 0.934. The molecular weight excluding hydrogens is 259 g/mol. The Morgan fingerprint density at radius 3 is 2.80 bits per heavy atom. The number of amides is 1. The lowest BCUT2D eigenvalue weighted by Crippen LogP contribution is -2.35. The number of halogens is 1. The molecule has 0 radical (unpaired) electrons. The minimum absolute atomic E-state index is 0.0181. The van der Waals surface area contributed by atoms with Crippen molar-refractivity contribution in [2.75, 3.05) is 0 Å². The molecule has 1 N–H and O–H groups in total. The molecule has 1 heterocycles. The highest BCUT2D eigenvalue weighted by Gasteiger charge is 2.16. The molecule has 0 saturated carbocycles. The molecule has 1 amide bonds. The van der Waals surface area contributed by atoms with E-state index in [2.05, 4.69) is 5.32 Å². The van der Waals surface area contributed by atoms with Crippen LogP contribution in [0.25, 0.3) is 10.9 Å². The molecule has 5 heteroatoms. The number of aryl methyl sites for hydroxylation is 1. The van der Waals surface area contributed by atoms with Crippen LogP contribution in [0.5, 0.6) is 0 Å². The molecule has 1 aromatic carbocycles. The molecule has 0 aliphatic carbocycles. The predicted molar refractivity (Wildman–Crippen MR) is 76.4 cm³/mol. The lowest BCUT2D eigenvalue weighted by molar-refractivity contribution is 0.0937. The van der Waals surface area contributed by atoms with E-state index >= 15 is 0 Å². The van der Waals surface area contributed by atoms with Gasteiger partial charge in [0.05, 0.1) is 5.52 Å². The van der Waals surface area contributed by atoms with Crippen LogP contribution in [0.4, 0.5) is 4.39 Å². The van der Waals surface area contributed by atoms with Crippen molar-refractivity contribution in [3.8, 4) is 0 Å². The van der Waals surface area contributed by atoms with Crippen LogP contribution in [0.3, 0.4) is 0 Å².